The molecule has 1 aromatic carbocycles. The van der Waals surface area contributed by atoms with E-state index in [0.717, 1.165) is 54.7 Å². The zero-order valence-corrected chi connectivity index (χ0v) is 17.8. The highest BCUT2D eigenvalue weighted by molar-refractivity contribution is 7.99. The smallest absolute Gasteiger partial charge is 0.187 e. The number of hydrogen-bond donors (Lipinski definition) is 0. The minimum Gasteiger partial charge on any atom is -0.303 e. The normalized spacial score (nSPS) is 20.7. The summed E-state index contributed by atoms with van der Waals surface area (Å²) in [5.41, 5.74) is 0.773. The van der Waals surface area contributed by atoms with E-state index in [1.807, 2.05) is 11.0 Å². The maximum Gasteiger partial charge on any atom is 0.187 e. The third kappa shape index (κ3) is 5.34. The Morgan fingerprint density at radius 2 is 1.73 bits per heavy atom. The van der Waals surface area contributed by atoms with Crippen molar-refractivity contribution in [2.45, 2.75) is 43.3 Å². The molecule has 0 aliphatic carbocycles. The van der Waals surface area contributed by atoms with Crippen molar-refractivity contribution in [2.75, 3.05) is 38.5 Å². The van der Waals surface area contributed by atoms with Gasteiger partial charge in [-0.1, -0.05) is 11.8 Å². The zero-order chi connectivity index (χ0) is 20.9. The van der Waals surface area contributed by atoms with Gasteiger partial charge in [-0.05, 0) is 63.5 Å². The molecule has 0 saturated carbocycles. The van der Waals surface area contributed by atoms with Gasteiger partial charge in [0.05, 0.1) is 0 Å². The third-order valence-corrected chi connectivity index (χ3v) is 6.78. The van der Waals surface area contributed by atoms with Gasteiger partial charge in [0.15, 0.2) is 16.8 Å². The summed E-state index contributed by atoms with van der Waals surface area (Å²) >= 11 is 1.68. The van der Waals surface area contributed by atoms with Crippen LogP contribution >= 0.6 is 11.8 Å². The van der Waals surface area contributed by atoms with Crippen LogP contribution in [0, 0.1) is 17.5 Å². The van der Waals surface area contributed by atoms with Crippen LogP contribution in [0.3, 0.4) is 0 Å². The van der Waals surface area contributed by atoms with Gasteiger partial charge in [-0.15, -0.1) is 0 Å². The van der Waals surface area contributed by atoms with Crippen molar-refractivity contribution in [3.63, 3.8) is 0 Å². The van der Waals surface area contributed by atoms with Crippen molar-refractivity contribution >= 4 is 11.8 Å². The number of hydrogen-bond acceptors (Lipinski definition) is 5. The number of aromatic nitrogens is 2. The largest absolute Gasteiger partial charge is 0.303 e. The Bertz CT molecular complexity index is 860. The van der Waals surface area contributed by atoms with Crippen molar-refractivity contribution in [2.24, 2.45) is 0 Å². The second-order valence-electron chi connectivity index (χ2n) is 8.06. The average Bonchev–Trinajstić information content (AvgIpc) is 3.28. The predicted octanol–water partition coefficient (Wildman–Crippen LogP) is 4.46. The van der Waals surface area contributed by atoms with Gasteiger partial charge in [-0.3, -0.25) is 4.90 Å². The molecule has 1 unspecified atom stereocenters. The highest BCUT2D eigenvalue weighted by atomic mass is 32.2. The van der Waals surface area contributed by atoms with E-state index in [4.69, 9.17) is 4.98 Å². The number of piperidine rings is 1. The molecule has 0 N–H and O–H groups in total. The van der Waals surface area contributed by atoms with Gasteiger partial charge in [0.1, 0.15) is 5.82 Å². The summed E-state index contributed by atoms with van der Waals surface area (Å²) in [7, 11) is 0. The minimum absolute atomic E-state index is 0.0639. The quantitative estimate of drug-likeness (QED) is 0.364. The number of nitrogens with zero attached hydrogens (tertiary/aromatic N) is 4. The highest BCUT2D eigenvalue weighted by Gasteiger charge is 2.25. The van der Waals surface area contributed by atoms with Gasteiger partial charge < -0.3 is 4.90 Å². The van der Waals surface area contributed by atoms with Crippen LogP contribution in [0.1, 0.15) is 42.9 Å². The summed E-state index contributed by atoms with van der Waals surface area (Å²) in [5.74, 6) is -1.64. The standard InChI is InChI=1S/C22H27F3N4S/c23-18-5-6-19(24)21(25)17(18)15-29-11-3-4-16(14-29)20-7-8-26-22(27-20)30-13-12-28-9-1-2-10-28/h5-8,16H,1-4,9-15H2. The number of benzene rings is 1. The molecule has 1 aromatic heterocycles. The first-order valence-electron chi connectivity index (χ1n) is 10.6. The van der Waals surface area contributed by atoms with Crippen LogP contribution in [0.2, 0.25) is 0 Å². The molecule has 162 valence electrons. The Balaban J connectivity index is 1.36. The minimum atomic E-state index is -1.09. The molecular weight excluding hydrogens is 409 g/mol. The van der Waals surface area contributed by atoms with Gasteiger partial charge in [-0.2, -0.15) is 0 Å². The second-order valence-corrected chi connectivity index (χ2v) is 9.12. The molecule has 8 heteroatoms. The van der Waals surface area contributed by atoms with Crippen LogP contribution in [-0.4, -0.2) is 58.2 Å². The van der Waals surface area contributed by atoms with E-state index in [-0.39, 0.29) is 18.0 Å². The van der Waals surface area contributed by atoms with Crippen molar-refractivity contribution in [3.8, 4) is 0 Å². The fourth-order valence-corrected chi connectivity index (χ4v) is 5.14. The monoisotopic (exact) mass is 436 g/mol. The fourth-order valence-electron chi connectivity index (χ4n) is 4.30. The molecule has 2 aliphatic heterocycles. The lowest BCUT2D eigenvalue weighted by Gasteiger charge is -2.32. The SMILES string of the molecule is Fc1ccc(F)c(CN2CCCC(c3ccnc(SCCN4CCCC4)n3)C2)c1F. The fraction of sp³-hybridized carbons (Fsp3) is 0.545. The summed E-state index contributed by atoms with van der Waals surface area (Å²) in [4.78, 5) is 13.6. The number of halogens is 3. The lowest BCUT2D eigenvalue weighted by atomic mass is 9.94. The number of thioether (sulfide) groups is 1. The van der Waals surface area contributed by atoms with E-state index < -0.39 is 17.5 Å². The van der Waals surface area contributed by atoms with E-state index in [1.54, 1.807) is 18.0 Å². The first-order chi connectivity index (χ1) is 14.6. The molecule has 0 spiro atoms. The Kier molecular flexibility index (Phi) is 7.28. The molecule has 0 amide bonds. The van der Waals surface area contributed by atoms with Gasteiger partial charge >= 0.3 is 0 Å². The zero-order valence-electron chi connectivity index (χ0n) is 17.0. The number of likely N-dealkylation sites (tertiary alicyclic amines) is 2. The summed E-state index contributed by atoms with van der Waals surface area (Å²) in [6.45, 7) is 4.87. The van der Waals surface area contributed by atoms with Crippen molar-refractivity contribution in [3.05, 3.63) is 53.1 Å². The lowest BCUT2D eigenvalue weighted by Crippen LogP contribution is -2.34. The first kappa shape index (κ1) is 21.6. The van der Waals surface area contributed by atoms with Crippen LogP contribution in [0.4, 0.5) is 13.2 Å². The summed E-state index contributed by atoms with van der Waals surface area (Å²) < 4.78 is 41.6. The van der Waals surface area contributed by atoms with Crippen LogP contribution in [-0.2, 0) is 6.54 Å². The van der Waals surface area contributed by atoms with Gasteiger partial charge in [-0.25, -0.2) is 23.1 Å². The van der Waals surface area contributed by atoms with E-state index in [0.29, 0.717) is 6.54 Å². The molecule has 4 nitrogen and oxygen atoms in total. The lowest BCUT2D eigenvalue weighted by molar-refractivity contribution is 0.192. The van der Waals surface area contributed by atoms with Crippen LogP contribution in [0.25, 0.3) is 0 Å². The molecule has 1 atom stereocenters. The summed E-state index contributed by atoms with van der Waals surface area (Å²) in [6.07, 6.45) is 6.26. The van der Waals surface area contributed by atoms with Crippen molar-refractivity contribution < 1.29 is 13.2 Å². The third-order valence-electron chi connectivity index (χ3n) is 5.94. The molecule has 3 heterocycles. The van der Waals surface area contributed by atoms with E-state index in [2.05, 4.69) is 9.88 Å². The summed E-state index contributed by atoms with van der Waals surface area (Å²) in [5, 5.41) is 0.783. The summed E-state index contributed by atoms with van der Waals surface area (Å²) in [6, 6.07) is 3.75. The van der Waals surface area contributed by atoms with Gasteiger partial charge in [0.25, 0.3) is 0 Å². The molecule has 2 saturated heterocycles. The molecule has 0 radical (unpaired) electrons. The molecule has 4 rings (SSSR count). The second kappa shape index (κ2) is 10.1. The van der Waals surface area contributed by atoms with Crippen LogP contribution in [0.5, 0.6) is 0 Å². The molecule has 2 fully saturated rings. The maximum absolute atomic E-state index is 14.1. The highest BCUT2D eigenvalue weighted by Crippen LogP contribution is 2.28. The van der Waals surface area contributed by atoms with Gasteiger partial charge in [0.2, 0.25) is 0 Å². The first-order valence-corrected chi connectivity index (χ1v) is 11.6. The van der Waals surface area contributed by atoms with Crippen molar-refractivity contribution in [1.82, 2.24) is 19.8 Å². The molecule has 0 bridgehead atoms. The Labute approximate surface area is 179 Å². The molecule has 2 aliphatic rings. The van der Waals surface area contributed by atoms with E-state index >= 15 is 0 Å². The van der Waals surface area contributed by atoms with Crippen LogP contribution in [0.15, 0.2) is 29.6 Å². The van der Waals surface area contributed by atoms with Gasteiger partial charge in [0, 0.05) is 48.8 Å². The topological polar surface area (TPSA) is 32.3 Å². The number of rotatable bonds is 7. The Hall–Kier alpha value is -1.64. The molecular formula is C22H27F3N4S. The molecule has 30 heavy (non-hydrogen) atoms. The predicted molar refractivity (Wildman–Crippen MR) is 112 cm³/mol. The van der Waals surface area contributed by atoms with Crippen LogP contribution < -0.4 is 0 Å². The van der Waals surface area contributed by atoms with E-state index in [1.165, 1.54) is 25.9 Å². The average molecular weight is 437 g/mol. The Morgan fingerprint density at radius 1 is 0.967 bits per heavy atom. The van der Waals surface area contributed by atoms with E-state index in [9.17, 15) is 13.2 Å². The maximum atomic E-state index is 14.1. The van der Waals surface area contributed by atoms with Crippen molar-refractivity contribution in [1.29, 1.82) is 0 Å². The Morgan fingerprint density at radius 3 is 2.57 bits per heavy atom. The molecule has 2 aromatic rings.